The molecule has 2 aliphatic heterocycles. The standard InChI is InChI=1S/C21H24N6O/c28-21-16(20(25-26-21)14-7-8-22-23-12-14)11-19-17(13-27-9-3-4-10-27)15-5-1-2-6-18(15)24-19/h7-8,11-12,24H,1-6,9-10,13H2,(H,26,28). The molecule has 7 heteroatoms. The summed E-state index contributed by atoms with van der Waals surface area (Å²) in [6, 6.07) is 1.82. The van der Waals surface area contributed by atoms with Gasteiger partial charge in [-0.1, -0.05) is 0 Å². The number of hydrazone groups is 1. The number of hydrogen-bond donors (Lipinski definition) is 2. The fourth-order valence-electron chi connectivity index (χ4n) is 4.51. The molecule has 1 saturated heterocycles. The van der Waals surface area contributed by atoms with Crippen LogP contribution in [0.2, 0.25) is 0 Å². The predicted molar refractivity (Wildman–Crippen MR) is 107 cm³/mol. The molecule has 1 amide bonds. The molecule has 0 aromatic carbocycles. The summed E-state index contributed by atoms with van der Waals surface area (Å²) in [6.45, 7) is 3.27. The minimum Gasteiger partial charge on any atom is -0.358 e. The number of aryl methyl sites for hydroxylation is 1. The number of amides is 1. The van der Waals surface area contributed by atoms with Crippen LogP contribution < -0.4 is 5.43 Å². The third kappa shape index (κ3) is 3.16. The highest BCUT2D eigenvalue weighted by Crippen LogP contribution is 2.31. The third-order valence-electron chi connectivity index (χ3n) is 5.94. The van der Waals surface area contributed by atoms with E-state index in [0.717, 1.165) is 43.7 Å². The summed E-state index contributed by atoms with van der Waals surface area (Å²) in [5, 5.41) is 12.0. The van der Waals surface area contributed by atoms with Crippen LogP contribution in [0.25, 0.3) is 6.08 Å². The second-order valence-electron chi connectivity index (χ2n) is 7.76. The molecule has 5 rings (SSSR count). The fourth-order valence-corrected chi connectivity index (χ4v) is 4.51. The van der Waals surface area contributed by atoms with E-state index in [-0.39, 0.29) is 5.91 Å². The molecule has 7 nitrogen and oxygen atoms in total. The monoisotopic (exact) mass is 376 g/mol. The first-order chi connectivity index (χ1) is 13.8. The molecule has 0 radical (unpaired) electrons. The summed E-state index contributed by atoms with van der Waals surface area (Å²) in [5.41, 5.74) is 9.81. The molecule has 0 spiro atoms. The maximum absolute atomic E-state index is 12.5. The number of aromatic amines is 1. The van der Waals surface area contributed by atoms with E-state index < -0.39 is 0 Å². The molecular formula is C21H24N6O. The number of aromatic nitrogens is 3. The first-order valence-corrected chi connectivity index (χ1v) is 10.1. The zero-order valence-electron chi connectivity index (χ0n) is 15.9. The molecule has 0 atom stereocenters. The highest BCUT2D eigenvalue weighted by atomic mass is 16.2. The number of hydrogen-bond acceptors (Lipinski definition) is 5. The van der Waals surface area contributed by atoms with Gasteiger partial charge in [-0.05, 0) is 74.9 Å². The Morgan fingerprint density at radius 3 is 2.79 bits per heavy atom. The van der Waals surface area contributed by atoms with E-state index in [1.807, 2.05) is 12.1 Å². The molecule has 0 bridgehead atoms. The Hall–Kier alpha value is -2.80. The molecule has 0 saturated carbocycles. The Morgan fingerprint density at radius 2 is 1.96 bits per heavy atom. The number of H-pyrrole nitrogens is 1. The van der Waals surface area contributed by atoms with Crippen molar-refractivity contribution in [1.82, 2.24) is 25.5 Å². The van der Waals surface area contributed by atoms with Gasteiger partial charge < -0.3 is 4.98 Å². The van der Waals surface area contributed by atoms with Crippen LogP contribution in [-0.2, 0) is 24.2 Å². The maximum atomic E-state index is 12.5. The number of likely N-dealkylation sites (tertiary alicyclic amines) is 1. The second-order valence-corrected chi connectivity index (χ2v) is 7.76. The van der Waals surface area contributed by atoms with Crippen LogP contribution in [0.3, 0.4) is 0 Å². The minimum atomic E-state index is -0.175. The first-order valence-electron chi connectivity index (χ1n) is 10.1. The van der Waals surface area contributed by atoms with Crippen molar-refractivity contribution >= 4 is 17.7 Å². The van der Waals surface area contributed by atoms with Crippen LogP contribution in [0, 0.1) is 0 Å². The van der Waals surface area contributed by atoms with Crippen molar-refractivity contribution < 1.29 is 4.79 Å². The van der Waals surface area contributed by atoms with Gasteiger partial charge in [0.05, 0.1) is 18.0 Å². The van der Waals surface area contributed by atoms with Gasteiger partial charge >= 0.3 is 0 Å². The maximum Gasteiger partial charge on any atom is 0.273 e. The number of carbonyl (C=O) groups is 1. The number of rotatable bonds is 4. The fraction of sp³-hybridized carbons (Fsp3) is 0.429. The van der Waals surface area contributed by atoms with Crippen molar-refractivity contribution in [3.8, 4) is 0 Å². The molecule has 2 aromatic rings. The van der Waals surface area contributed by atoms with Gasteiger partial charge in [-0.25, -0.2) is 5.43 Å². The minimum absolute atomic E-state index is 0.175. The molecule has 1 aliphatic carbocycles. The van der Waals surface area contributed by atoms with Gasteiger partial charge in [0, 0.05) is 23.5 Å². The Kier molecular flexibility index (Phi) is 4.52. The summed E-state index contributed by atoms with van der Waals surface area (Å²) in [5.74, 6) is -0.175. The normalized spacial score (nSPS) is 21.1. The van der Waals surface area contributed by atoms with E-state index in [1.54, 1.807) is 12.4 Å². The smallest absolute Gasteiger partial charge is 0.273 e. The quantitative estimate of drug-likeness (QED) is 0.801. The highest BCUT2D eigenvalue weighted by Gasteiger charge is 2.27. The summed E-state index contributed by atoms with van der Waals surface area (Å²) in [4.78, 5) is 18.7. The van der Waals surface area contributed by atoms with E-state index in [0.29, 0.717) is 11.3 Å². The van der Waals surface area contributed by atoms with E-state index in [1.165, 1.54) is 42.5 Å². The molecule has 2 N–H and O–H groups in total. The van der Waals surface area contributed by atoms with E-state index in [2.05, 4.69) is 30.6 Å². The Balaban J connectivity index is 1.55. The van der Waals surface area contributed by atoms with E-state index >= 15 is 0 Å². The molecule has 1 fully saturated rings. The van der Waals surface area contributed by atoms with Gasteiger partial charge in [-0.15, -0.1) is 0 Å². The van der Waals surface area contributed by atoms with Crippen LogP contribution in [0.5, 0.6) is 0 Å². The van der Waals surface area contributed by atoms with Crippen LogP contribution in [0.4, 0.5) is 0 Å². The number of fused-ring (bicyclic) bond motifs is 1. The molecule has 2 aromatic heterocycles. The zero-order chi connectivity index (χ0) is 18.9. The molecular weight excluding hydrogens is 352 g/mol. The van der Waals surface area contributed by atoms with Gasteiger partial charge in [0.15, 0.2) is 0 Å². The third-order valence-corrected chi connectivity index (χ3v) is 5.94. The van der Waals surface area contributed by atoms with Crippen LogP contribution in [0.1, 0.15) is 53.8 Å². The van der Waals surface area contributed by atoms with Gasteiger partial charge in [0.1, 0.15) is 5.71 Å². The Bertz CT molecular complexity index is 953. The Labute approximate surface area is 163 Å². The average Bonchev–Trinajstić information content (AvgIpc) is 3.45. The predicted octanol–water partition coefficient (Wildman–Crippen LogP) is 2.20. The number of nitrogens with zero attached hydrogens (tertiary/aromatic N) is 4. The topological polar surface area (TPSA) is 86.3 Å². The van der Waals surface area contributed by atoms with E-state index in [4.69, 9.17) is 0 Å². The highest BCUT2D eigenvalue weighted by molar-refractivity contribution is 6.33. The summed E-state index contributed by atoms with van der Waals surface area (Å²) in [7, 11) is 0. The SMILES string of the molecule is O=C1NN=C(c2ccnnc2)C1=Cc1[nH]c2c(c1CN1CCCC1)CCCC2. The molecule has 3 aliphatic rings. The lowest BCUT2D eigenvalue weighted by molar-refractivity contribution is -0.116. The van der Waals surface area contributed by atoms with Gasteiger partial charge in [0.2, 0.25) is 0 Å². The molecule has 28 heavy (non-hydrogen) atoms. The summed E-state index contributed by atoms with van der Waals surface area (Å²) >= 11 is 0. The van der Waals surface area contributed by atoms with Crippen LogP contribution in [0.15, 0.2) is 29.1 Å². The number of carbonyl (C=O) groups excluding carboxylic acids is 1. The van der Waals surface area contributed by atoms with Crippen molar-refractivity contribution in [2.75, 3.05) is 13.1 Å². The summed E-state index contributed by atoms with van der Waals surface area (Å²) in [6.07, 6.45) is 12.5. The van der Waals surface area contributed by atoms with Crippen molar-refractivity contribution in [3.63, 3.8) is 0 Å². The average molecular weight is 376 g/mol. The largest absolute Gasteiger partial charge is 0.358 e. The van der Waals surface area contributed by atoms with E-state index in [9.17, 15) is 4.79 Å². The lowest BCUT2D eigenvalue weighted by Crippen LogP contribution is -2.20. The van der Waals surface area contributed by atoms with Crippen molar-refractivity contribution in [2.45, 2.75) is 45.1 Å². The van der Waals surface area contributed by atoms with Crippen molar-refractivity contribution in [1.29, 1.82) is 0 Å². The lowest BCUT2D eigenvalue weighted by Gasteiger charge is -2.18. The molecule has 0 unspecified atom stereocenters. The van der Waals surface area contributed by atoms with Gasteiger partial charge in [-0.2, -0.15) is 15.3 Å². The molecule has 144 valence electrons. The van der Waals surface area contributed by atoms with Gasteiger partial charge in [-0.3, -0.25) is 9.69 Å². The van der Waals surface area contributed by atoms with Gasteiger partial charge in [0.25, 0.3) is 5.91 Å². The van der Waals surface area contributed by atoms with Crippen molar-refractivity contribution in [3.05, 3.63) is 52.1 Å². The molecule has 4 heterocycles. The first kappa shape index (κ1) is 17.3. The zero-order valence-corrected chi connectivity index (χ0v) is 15.9. The second kappa shape index (κ2) is 7.31. The Morgan fingerprint density at radius 1 is 1.11 bits per heavy atom. The summed E-state index contributed by atoms with van der Waals surface area (Å²) < 4.78 is 0. The van der Waals surface area contributed by atoms with Crippen LogP contribution >= 0.6 is 0 Å². The number of nitrogens with one attached hydrogen (secondary N) is 2. The van der Waals surface area contributed by atoms with Crippen LogP contribution in [-0.4, -0.2) is 44.8 Å². The lowest BCUT2D eigenvalue weighted by atomic mass is 9.93. The van der Waals surface area contributed by atoms with Crippen molar-refractivity contribution in [2.24, 2.45) is 5.10 Å².